The number of hydrogen-bond donors (Lipinski definition) is 2. The summed E-state index contributed by atoms with van der Waals surface area (Å²) in [5.74, 6) is 0.452. The van der Waals surface area contributed by atoms with Crippen molar-refractivity contribution in [3.05, 3.63) is 141 Å². The molecule has 3 atom stereocenters. The van der Waals surface area contributed by atoms with Gasteiger partial charge < -0.3 is 38.0 Å². The molecule has 2 N–H and O–H groups in total. The van der Waals surface area contributed by atoms with Crippen LogP contribution in [0.4, 0.5) is 26.3 Å². The Hall–Kier alpha value is -6.10. The molecule has 0 saturated heterocycles. The van der Waals surface area contributed by atoms with Crippen molar-refractivity contribution in [1.82, 2.24) is 0 Å². The van der Waals surface area contributed by atoms with Gasteiger partial charge in [0.15, 0.2) is 0 Å². The van der Waals surface area contributed by atoms with E-state index < -0.39 is 53.0 Å². The van der Waals surface area contributed by atoms with E-state index in [9.17, 15) is 46.1 Å². The Kier molecular flexibility index (Phi) is 15.3. The molecule has 0 aliphatic heterocycles. The third-order valence-corrected chi connectivity index (χ3v) is 10.5. The molecule has 0 aliphatic carbocycles. The van der Waals surface area contributed by atoms with Gasteiger partial charge in [-0.2, -0.15) is 26.3 Å². The normalized spacial score (nSPS) is 13.5. The summed E-state index contributed by atoms with van der Waals surface area (Å²) in [6.07, 6.45) is -9.22. The summed E-state index contributed by atoms with van der Waals surface area (Å²) < 4.78 is 118. The quantitative estimate of drug-likeness (QED) is 0.0330. The number of halogens is 6. The van der Waals surface area contributed by atoms with Gasteiger partial charge in [-0.15, -0.1) is 0 Å². The second-order valence-corrected chi connectivity index (χ2v) is 15.1. The number of hydrogen-bond acceptors (Lipinski definition) is 10. The van der Waals surface area contributed by atoms with Gasteiger partial charge in [0.2, 0.25) is 0 Å². The fourth-order valence-electron chi connectivity index (χ4n) is 7.06. The van der Waals surface area contributed by atoms with Crippen molar-refractivity contribution in [2.45, 2.75) is 76.6 Å². The predicted octanol–water partition coefficient (Wildman–Crippen LogP) is 10.4. The van der Waals surface area contributed by atoms with E-state index in [2.05, 4.69) is 6.58 Å². The van der Waals surface area contributed by atoms with Gasteiger partial charge in [-0.1, -0.05) is 43.3 Å². The predicted molar refractivity (Wildman–Crippen MR) is 227 cm³/mol. The number of ether oxygens (including phenoxy) is 4. The highest BCUT2D eigenvalue weighted by Crippen LogP contribution is 2.39. The maximum absolute atomic E-state index is 14.0. The first-order valence-corrected chi connectivity index (χ1v) is 20.5. The van der Waals surface area contributed by atoms with Crippen molar-refractivity contribution in [2.24, 2.45) is 0 Å². The maximum Gasteiger partial charge on any atom is 0.417 e. The molecule has 0 amide bonds. The SMILES string of the molecule is C=COCCCC(O)C(O)CCCOC(COc1ccc2cc(-c3ccc(C)cc3C(F)(F)F)c(=O)oc2c1)COc1ccc2cc(-c3ccc(CC)cc3C(F)(F)F)c(=O)oc2c1. The van der Waals surface area contributed by atoms with Crippen LogP contribution in [0.1, 0.15) is 54.9 Å². The number of aliphatic hydroxyl groups excluding tert-OH is 2. The second kappa shape index (κ2) is 20.6. The summed E-state index contributed by atoms with van der Waals surface area (Å²) in [5.41, 5.74) is -4.07. The molecule has 0 fully saturated rings. The number of fused-ring (bicyclic) bond motifs is 2. The molecule has 2 heterocycles. The fourth-order valence-corrected chi connectivity index (χ4v) is 7.06. The lowest BCUT2D eigenvalue weighted by Gasteiger charge is -2.21. The van der Waals surface area contributed by atoms with Crippen LogP contribution in [0, 0.1) is 6.92 Å². The van der Waals surface area contributed by atoms with Gasteiger partial charge in [0.05, 0.1) is 47.3 Å². The van der Waals surface area contributed by atoms with Gasteiger partial charge in [-0.05, 0) is 93.1 Å². The summed E-state index contributed by atoms with van der Waals surface area (Å²) in [6.45, 7) is 6.88. The molecule has 0 spiro atoms. The largest absolute Gasteiger partial charge is 0.502 e. The van der Waals surface area contributed by atoms with Gasteiger partial charge >= 0.3 is 23.6 Å². The van der Waals surface area contributed by atoms with E-state index in [1.807, 2.05) is 0 Å². The third-order valence-electron chi connectivity index (χ3n) is 10.5. The van der Waals surface area contributed by atoms with Crippen LogP contribution in [0.3, 0.4) is 0 Å². The molecule has 6 rings (SSSR count). The van der Waals surface area contributed by atoms with Gasteiger partial charge in [0.1, 0.15) is 42.0 Å². The topological polar surface area (TPSA) is 138 Å². The van der Waals surface area contributed by atoms with E-state index in [0.29, 0.717) is 54.2 Å². The smallest absolute Gasteiger partial charge is 0.417 e. The summed E-state index contributed by atoms with van der Waals surface area (Å²) in [5, 5.41) is 21.5. The van der Waals surface area contributed by atoms with Crippen LogP contribution in [0.5, 0.6) is 11.5 Å². The molecular formula is C48H46F6O10. The molecule has 64 heavy (non-hydrogen) atoms. The Morgan fingerprint density at radius 2 is 1.16 bits per heavy atom. The lowest BCUT2D eigenvalue weighted by Crippen LogP contribution is -2.30. The van der Waals surface area contributed by atoms with Crippen LogP contribution in [0.15, 0.2) is 116 Å². The van der Waals surface area contributed by atoms with E-state index in [4.69, 9.17) is 27.8 Å². The number of aryl methyl sites for hydroxylation is 2. The Morgan fingerprint density at radius 1 is 0.656 bits per heavy atom. The first-order chi connectivity index (χ1) is 30.4. The Labute approximate surface area is 363 Å². The molecule has 340 valence electrons. The van der Waals surface area contributed by atoms with Crippen molar-refractivity contribution < 1.29 is 64.3 Å². The third kappa shape index (κ3) is 11.9. The standard InChI is InChI=1S/C48H46F6O10/c1-4-29-11-17-36(40(21-29)48(52,53)54)38-23-31-13-15-33(25-44(31)64-46(38)58)62-27-34(60-19-7-9-42(56)41(55)8-6-18-59-5-2)26-61-32-14-12-30-22-37(45(57)63-43(30)24-32)35-16-10-28(3)20-39(35)47(49,50)51/h5,10-17,20-25,34,41-42,55-56H,2,4,6-9,18-19,26-27H2,1,3H3. The molecule has 3 unspecified atom stereocenters. The second-order valence-electron chi connectivity index (χ2n) is 15.1. The lowest BCUT2D eigenvalue weighted by molar-refractivity contribution is -0.138. The summed E-state index contributed by atoms with van der Waals surface area (Å²) in [4.78, 5) is 26.1. The van der Waals surface area contributed by atoms with Gasteiger partial charge in [0.25, 0.3) is 0 Å². The Balaban J connectivity index is 1.18. The van der Waals surface area contributed by atoms with Crippen LogP contribution in [0.25, 0.3) is 44.2 Å². The highest BCUT2D eigenvalue weighted by Gasteiger charge is 2.36. The molecule has 0 saturated carbocycles. The average Bonchev–Trinajstić information content (AvgIpc) is 3.25. The van der Waals surface area contributed by atoms with E-state index in [-0.39, 0.29) is 71.2 Å². The zero-order valence-corrected chi connectivity index (χ0v) is 34.9. The zero-order chi connectivity index (χ0) is 46.2. The van der Waals surface area contributed by atoms with Crippen LogP contribution < -0.4 is 20.7 Å². The number of rotatable bonds is 20. The Bertz CT molecular complexity index is 2690. The minimum absolute atomic E-state index is 0.0534. The fraction of sp³-hybridized carbons (Fsp3) is 0.333. The van der Waals surface area contributed by atoms with E-state index in [0.717, 1.165) is 12.1 Å². The highest BCUT2D eigenvalue weighted by molar-refractivity contribution is 5.84. The van der Waals surface area contributed by atoms with E-state index in [1.165, 1.54) is 79.9 Å². The van der Waals surface area contributed by atoms with Gasteiger partial charge in [-0.3, -0.25) is 0 Å². The average molecular weight is 897 g/mol. The molecule has 0 radical (unpaired) electrons. The molecule has 0 bridgehead atoms. The highest BCUT2D eigenvalue weighted by atomic mass is 19.4. The maximum atomic E-state index is 14.0. The monoisotopic (exact) mass is 896 g/mol. The first-order valence-electron chi connectivity index (χ1n) is 20.5. The van der Waals surface area contributed by atoms with Crippen molar-refractivity contribution in [3.63, 3.8) is 0 Å². The molecule has 6 aromatic rings. The minimum Gasteiger partial charge on any atom is -0.502 e. The number of benzene rings is 4. The Morgan fingerprint density at radius 3 is 1.66 bits per heavy atom. The molecular weight excluding hydrogens is 851 g/mol. The molecule has 0 aliphatic rings. The summed E-state index contributed by atoms with van der Waals surface area (Å²) >= 11 is 0. The summed E-state index contributed by atoms with van der Waals surface area (Å²) in [7, 11) is 0. The zero-order valence-electron chi connectivity index (χ0n) is 34.9. The lowest BCUT2D eigenvalue weighted by atomic mass is 9.96. The van der Waals surface area contributed by atoms with Crippen molar-refractivity contribution >= 4 is 21.9 Å². The van der Waals surface area contributed by atoms with Crippen molar-refractivity contribution in [1.29, 1.82) is 0 Å². The number of aliphatic hydroxyl groups is 2. The molecule has 4 aromatic carbocycles. The van der Waals surface area contributed by atoms with Crippen LogP contribution in [-0.2, 0) is 28.2 Å². The molecule has 2 aromatic heterocycles. The van der Waals surface area contributed by atoms with Crippen LogP contribution in [-0.4, -0.2) is 55.0 Å². The van der Waals surface area contributed by atoms with Gasteiger partial charge in [-0.25, -0.2) is 9.59 Å². The minimum atomic E-state index is -4.71. The van der Waals surface area contributed by atoms with Gasteiger partial charge in [0, 0.05) is 40.6 Å². The van der Waals surface area contributed by atoms with E-state index in [1.54, 1.807) is 13.0 Å². The van der Waals surface area contributed by atoms with Crippen LogP contribution in [0.2, 0.25) is 0 Å². The first kappa shape index (κ1) is 47.4. The van der Waals surface area contributed by atoms with E-state index >= 15 is 0 Å². The van der Waals surface area contributed by atoms with Crippen molar-refractivity contribution in [3.8, 4) is 33.8 Å². The summed E-state index contributed by atoms with van der Waals surface area (Å²) in [6, 6.07) is 19.1. The van der Waals surface area contributed by atoms with Crippen molar-refractivity contribution in [2.75, 3.05) is 26.4 Å². The molecule has 16 heteroatoms. The van der Waals surface area contributed by atoms with Crippen LogP contribution >= 0.6 is 0 Å². The number of alkyl halides is 6. The molecule has 10 nitrogen and oxygen atoms in total.